The molecule has 2 aromatic carbocycles. The van der Waals surface area contributed by atoms with Gasteiger partial charge in [0, 0.05) is 49.9 Å². The van der Waals surface area contributed by atoms with Gasteiger partial charge in [-0.2, -0.15) is 0 Å². The number of nitrogens with zero attached hydrogens (tertiary/aromatic N) is 3. The van der Waals surface area contributed by atoms with Crippen molar-refractivity contribution in [3.8, 4) is 0 Å². The van der Waals surface area contributed by atoms with Crippen molar-refractivity contribution in [1.82, 2.24) is 9.47 Å². The second-order valence-electron chi connectivity index (χ2n) is 7.75. The number of carbonyl (C=O) groups is 1. The van der Waals surface area contributed by atoms with Gasteiger partial charge in [-0.15, -0.1) is 0 Å². The van der Waals surface area contributed by atoms with Crippen LogP contribution in [0.15, 0.2) is 65.3 Å². The van der Waals surface area contributed by atoms with E-state index in [2.05, 4.69) is 4.90 Å². The van der Waals surface area contributed by atoms with Crippen molar-refractivity contribution >= 4 is 34.3 Å². The van der Waals surface area contributed by atoms with Gasteiger partial charge in [-0.1, -0.05) is 29.8 Å². The predicted octanol–water partition coefficient (Wildman–Crippen LogP) is 5.18. The summed E-state index contributed by atoms with van der Waals surface area (Å²) in [6.07, 6.45) is 1.53. The number of para-hydroxylation sites is 1. The molecule has 8 heteroatoms. The normalized spacial score (nSPS) is 14.3. The van der Waals surface area contributed by atoms with Crippen molar-refractivity contribution in [1.29, 1.82) is 0 Å². The van der Waals surface area contributed by atoms with Crippen molar-refractivity contribution in [2.24, 2.45) is 0 Å². The average Bonchev–Trinajstić information content (AvgIpc) is 3.38. The van der Waals surface area contributed by atoms with Crippen LogP contribution in [-0.2, 0) is 6.54 Å². The van der Waals surface area contributed by atoms with Gasteiger partial charge >= 0.3 is 0 Å². The molecule has 0 saturated carbocycles. The maximum atomic E-state index is 14.3. The van der Waals surface area contributed by atoms with Crippen LogP contribution in [0, 0.1) is 11.6 Å². The van der Waals surface area contributed by atoms with Gasteiger partial charge in [0.05, 0.1) is 29.0 Å². The van der Waals surface area contributed by atoms with Crippen LogP contribution in [-0.4, -0.2) is 41.6 Å². The highest BCUT2D eigenvalue weighted by molar-refractivity contribution is 6.33. The summed E-state index contributed by atoms with van der Waals surface area (Å²) in [6.45, 7) is 2.45. The Hall–Kier alpha value is -3.32. The van der Waals surface area contributed by atoms with Gasteiger partial charge in [0.15, 0.2) is 5.58 Å². The Morgan fingerprint density at radius 1 is 1.00 bits per heavy atom. The number of halogens is 3. The summed E-state index contributed by atoms with van der Waals surface area (Å²) in [5.74, 6) is -1.44. The monoisotopic (exact) mass is 455 g/mol. The highest BCUT2D eigenvalue weighted by atomic mass is 35.5. The van der Waals surface area contributed by atoms with Crippen molar-refractivity contribution in [3.05, 3.63) is 88.8 Å². The number of aromatic nitrogens is 1. The molecule has 0 unspecified atom stereocenters. The van der Waals surface area contributed by atoms with Crippen LogP contribution in [0.25, 0.3) is 11.1 Å². The zero-order chi connectivity index (χ0) is 22.2. The van der Waals surface area contributed by atoms with Crippen LogP contribution in [0.2, 0.25) is 5.02 Å². The van der Waals surface area contributed by atoms with Gasteiger partial charge in [-0.25, -0.2) is 8.78 Å². The molecule has 5 nitrogen and oxygen atoms in total. The van der Waals surface area contributed by atoms with Gasteiger partial charge in [-0.05, 0) is 18.2 Å². The molecule has 164 valence electrons. The highest BCUT2D eigenvalue weighted by Gasteiger charge is 2.27. The number of hydrogen-bond donors (Lipinski definition) is 0. The van der Waals surface area contributed by atoms with E-state index in [0.29, 0.717) is 53.6 Å². The molecule has 1 aliphatic heterocycles. The Labute approximate surface area is 188 Å². The van der Waals surface area contributed by atoms with Gasteiger partial charge in [-0.3, -0.25) is 4.79 Å². The summed E-state index contributed by atoms with van der Waals surface area (Å²) in [4.78, 5) is 17.3. The van der Waals surface area contributed by atoms with Gasteiger partial charge < -0.3 is 18.8 Å². The van der Waals surface area contributed by atoms with E-state index in [-0.39, 0.29) is 12.5 Å². The summed E-state index contributed by atoms with van der Waals surface area (Å²) in [5.41, 5.74) is 2.89. The fourth-order valence-corrected chi connectivity index (χ4v) is 4.42. The number of carbonyl (C=O) groups excluding carboxylic acids is 1. The molecule has 3 heterocycles. The topological polar surface area (TPSA) is 41.6 Å². The minimum Gasteiger partial charge on any atom is -0.463 e. The summed E-state index contributed by atoms with van der Waals surface area (Å²) in [7, 11) is 0. The first-order valence-corrected chi connectivity index (χ1v) is 10.7. The van der Waals surface area contributed by atoms with Crippen LogP contribution < -0.4 is 4.90 Å². The number of furan rings is 1. The first kappa shape index (κ1) is 20.6. The Kier molecular flexibility index (Phi) is 5.35. The van der Waals surface area contributed by atoms with E-state index < -0.39 is 11.6 Å². The zero-order valence-electron chi connectivity index (χ0n) is 17.1. The second kappa shape index (κ2) is 8.31. The molecule has 0 spiro atoms. The Morgan fingerprint density at radius 3 is 2.53 bits per heavy atom. The van der Waals surface area contributed by atoms with Crippen LogP contribution in [0.3, 0.4) is 0 Å². The number of fused-ring (bicyclic) bond motifs is 1. The van der Waals surface area contributed by atoms with E-state index in [1.165, 1.54) is 18.4 Å². The van der Waals surface area contributed by atoms with Crippen molar-refractivity contribution in [3.63, 3.8) is 0 Å². The first-order chi connectivity index (χ1) is 15.5. The largest absolute Gasteiger partial charge is 0.463 e. The smallest absolute Gasteiger partial charge is 0.270 e. The maximum absolute atomic E-state index is 14.3. The van der Waals surface area contributed by atoms with Crippen LogP contribution in [0.1, 0.15) is 16.1 Å². The number of hydrogen-bond acceptors (Lipinski definition) is 3. The number of piperazine rings is 1. The molecule has 4 aromatic rings. The standard InChI is InChI=1S/C24H20ClF2N3O2/c25-18-3-1-2-4-20(18)28-8-10-29(11-9-28)24(31)22-14-23-21(7-12-32-23)30(22)15-16-5-6-17(26)13-19(16)27/h1-7,12-14H,8-11,15H2. The average molecular weight is 456 g/mol. The minimum atomic E-state index is -0.651. The van der Waals surface area contributed by atoms with Crippen molar-refractivity contribution < 1.29 is 18.0 Å². The number of amides is 1. The maximum Gasteiger partial charge on any atom is 0.270 e. The van der Waals surface area contributed by atoms with Gasteiger partial charge in [0.2, 0.25) is 0 Å². The van der Waals surface area contributed by atoms with Crippen molar-refractivity contribution in [2.75, 3.05) is 31.1 Å². The highest BCUT2D eigenvalue weighted by Crippen LogP contribution is 2.28. The fourth-order valence-electron chi connectivity index (χ4n) is 4.17. The Balaban J connectivity index is 1.39. The molecule has 2 aromatic heterocycles. The summed E-state index contributed by atoms with van der Waals surface area (Å²) in [5, 5.41) is 0.683. The molecule has 1 aliphatic rings. The second-order valence-corrected chi connectivity index (χ2v) is 8.16. The molecule has 0 radical (unpaired) electrons. The molecule has 32 heavy (non-hydrogen) atoms. The van der Waals surface area contributed by atoms with Crippen LogP contribution in [0.5, 0.6) is 0 Å². The third-order valence-corrected chi connectivity index (χ3v) is 6.17. The lowest BCUT2D eigenvalue weighted by Gasteiger charge is -2.36. The lowest BCUT2D eigenvalue weighted by atomic mass is 10.2. The molecule has 0 aliphatic carbocycles. The van der Waals surface area contributed by atoms with E-state index in [4.69, 9.17) is 16.0 Å². The molecule has 5 rings (SSSR count). The predicted molar refractivity (Wildman–Crippen MR) is 119 cm³/mol. The quantitative estimate of drug-likeness (QED) is 0.426. The number of anilines is 1. The minimum absolute atomic E-state index is 0.0931. The van der Waals surface area contributed by atoms with Crippen molar-refractivity contribution in [2.45, 2.75) is 6.54 Å². The lowest BCUT2D eigenvalue weighted by Crippen LogP contribution is -2.49. The Morgan fingerprint density at radius 2 is 1.78 bits per heavy atom. The Bertz CT molecular complexity index is 1290. The molecule has 1 amide bonds. The number of benzene rings is 2. The lowest BCUT2D eigenvalue weighted by molar-refractivity contribution is 0.0736. The van der Waals surface area contributed by atoms with E-state index in [9.17, 15) is 13.6 Å². The first-order valence-electron chi connectivity index (χ1n) is 10.3. The molecule has 0 atom stereocenters. The van der Waals surface area contributed by atoms with Crippen LogP contribution in [0.4, 0.5) is 14.5 Å². The number of rotatable bonds is 4. The van der Waals surface area contributed by atoms with Gasteiger partial charge in [0.25, 0.3) is 5.91 Å². The molecule has 0 N–H and O–H groups in total. The summed E-state index contributed by atoms with van der Waals surface area (Å²) >= 11 is 6.32. The van der Waals surface area contributed by atoms with E-state index in [1.807, 2.05) is 24.3 Å². The summed E-state index contributed by atoms with van der Waals surface area (Å²) < 4.78 is 34.8. The molecule has 1 fully saturated rings. The van der Waals surface area contributed by atoms with E-state index in [1.54, 1.807) is 21.6 Å². The van der Waals surface area contributed by atoms with E-state index >= 15 is 0 Å². The van der Waals surface area contributed by atoms with Crippen LogP contribution >= 0.6 is 11.6 Å². The fraction of sp³-hybridized carbons (Fsp3) is 0.208. The third kappa shape index (κ3) is 3.73. The SMILES string of the molecule is O=C(c1cc2occc2n1Cc1ccc(F)cc1F)N1CCN(c2ccccc2Cl)CC1. The van der Waals surface area contributed by atoms with E-state index in [0.717, 1.165) is 11.8 Å². The molecule has 0 bridgehead atoms. The molecular formula is C24H20ClF2N3O2. The molecular weight excluding hydrogens is 436 g/mol. The molecule has 1 saturated heterocycles. The third-order valence-electron chi connectivity index (χ3n) is 5.85. The zero-order valence-corrected chi connectivity index (χ0v) is 17.9. The summed E-state index contributed by atoms with van der Waals surface area (Å²) in [6, 6.07) is 14.5. The van der Waals surface area contributed by atoms with Gasteiger partial charge in [0.1, 0.15) is 17.3 Å².